The number of allylic oxidation sites excluding steroid dienone is 4. The number of hydrogen-bond acceptors (Lipinski definition) is 9. The second-order valence-corrected chi connectivity index (χ2v) is 13.3. The Bertz CT molecular complexity index is 1110. The first-order valence-corrected chi connectivity index (χ1v) is 16.2. The third-order valence-corrected chi connectivity index (χ3v) is 10.9. The molecule has 3 fully saturated rings. The molecule has 2 saturated heterocycles. The summed E-state index contributed by atoms with van der Waals surface area (Å²) in [7, 11) is 4.92. The van der Waals surface area contributed by atoms with E-state index >= 15 is 0 Å². The highest BCUT2D eigenvalue weighted by atomic mass is 16.7. The van der Waals surface area contributed by atoms with E-state index in [-0.39, 0.29) is 78.1 Å². The SMILES string of the molecule is CC[C@H]1CCCC(=O)[C@@H](C)C(=O)C2=C[C@@H]3[C@@H](C=C(C)[C@@H]4C[C@@H](O[C@@H]5O[C@@H](C)[C@H](OC)C(OC)[C@H]5OC)C[C@@H]34)[C@@H]2CC(=O)O1. The number of ether oxygens (including phenoxy) is 6. The van der Waals surface area contributed by atoms with Crippen LogP contribution < -0.4 is 0 Å². The van der Waals surface area contributed by atoms with Crippen LogP contribution in [0.4, 0.5) is 0 Å². The van der Waals surface area contributed by atoms with Crippen LogP contribution in [0.25, 0.3) is 0 Å². The number of carbonyl (C=O) groups excluding carboxylic acids is 3. The number of cyclic esters (lactones) is 1. The maximum absolute atomic E-state index is 13.8. The Labute approximate surface area is 256 Å². The number of esters is 1. The molecule has 5 aliphatic rings. The highest BCUT2D eigenvalue weighted by Gasteiger charge is 2.53. The van der Waals surface area contributed by atoms with Gasteiger partial charge < -0.3 is 28.4 Å². The van der Waals surface area contributed by atoms with Crippen LogP contribution in [0.3, 0.4) is 0 Å². The van der Waals surface area contributed by atoms with Gasteiger partial charge in [0.1, 0.15) is 30.2 Å². The van der Waals surface area contributed by atoms with Crippen molar-refractivity contribution in [1.82, 2.24) is 0 Å². The van der Waals surface area contributed by atoms with Gasteiger partial charge in [0.25, 0.3) is 0 Å². The molecule has 0 aromatic rings. The van der Waals surface area contributed by atoms with Crippen molar-refractivity contribution in [2.24, 2.45) is 35.5 Å². The maximum Gasteiger partial charge on any atom is 0.306 e. The highest BCUT2D eigenvalue weighted by molar-refractivity contribution is 6.10. The highest BCUT2D eigenvalue weighted by Crippen LogP contribution is 2.56. The van der Waals surface area contributed by atoms with E-state index in [9.17, 15) is 14.4 Å². The molecule has 9 heteroatoms. The summed E-state index contributed by atoms with van der Waals surface area (Å²) in [6, 6.07) is 0. The lowest BCUT2D eigenvalue weighted by atomic mass is 9.67. The average molecular weight is 603 g/mol. The lowest BCUT2D eigenvalue weighted by Gasteiger charge is -2.44. The fourth-order valence-electron chi connectivity index (χ4n) is 8.56. The average Bonchev–Trinajstić information content (AvgIpc) is 3.56. The minimum Gasteiger partial charge on any atom is -0.462 e. The summed E-state index contributed by atoms with van der Waals surface area (Å²) in [5.74, 6) is -0.773. The Balaban J connectivity index is 1.38. The molecule has 0 bridgehead atoms. The number of Topliss-reactive ketones (excluding diaryl/α,β-unsaturated/α-hetero) is 2. The van der Waals surface area contributed by atoms with Crippen molar-refractivity contribution < 1.29 is 42.8 Å². The quantitative estimate of drug-likeness (QED) is 0.245. The van der Waals surface area contributed by atoms with Crippen LogP contribution in [0.2, 0.25) is 0 Å². The minimum absolute atomic E-state index is 0.00910. The van der Waals surface area contributed by atoms with E-state index in [1.807, 2.05) is 13.8 Å². The maximum atomic E-state index is 13.8. The first-order valence-electron chi connectivity index (χ1n) is 16.2. The van der Waals surface area contributed by atoms with Gasteiger partial charge in [-0.25, -0.2) is 0 Å². The summed E-state index contributed by atoms with van der Waals surface area (Å²) in [6.07, 6.45) is 6.30. The van der Waals surface area contributed by atoms with E-state index in [4.69, 9.17) is 28.4 Å². The molecular weight excluding hydrogens is 552 g/mol. The Kier molecular flexibility index (Phi) is 10.3. The predicted molar refractivity (Wildman–Crippen MR) is 158 cm³/mol. The largest absolute Gasteiger partial charge is 0.462 e. The lowest BCUT2D eigenvalue weighted by Crippen LogP contribution is -2.59. The monoisotopic (exact) mass is 602 g/mol. The summed E-state index contributed by atoms with van der Waals surface area (Å²) in [5.41, 5.74) is 1.90. The van der Waals surface area contributed by atoms with Crippen molar-refractivity contribution in [2.75, 3.05) is 21.3 Å². The van der Waals surface area contributed by atoms with Gasteiger partial charge in [0.2, 0.25) is 0 Å². The molecule has 3 aliphatic carbocycles. The Hall–Kier alpha value is -1.91. The fourth-order valence-corrected chi connectivity index (χ4v) is 8.56. The number of hydrogen-bond donors (Lipinski definition) is 0. The molecule has 0 aromatic heterocycles. The summed E-state index contributed by atoms with van der Waals surface area (Å²) >= 11 is 0. The van der Waals surface area contributed by atoms with Crippen LogP contribution in [0, 0.1) is 35.5 Å². The topological polar surface area (TPSA) is 107 Å². The molecule has 0 aromatic carbocycles. The third-order valence-electron chi connectivity index (χ3n) is 10.9. The minimum atomic E-state index is -0.703. The molecule has 0 spiro atoms. The van der Waals surface area contributed by atoms with E-state index in [1.165, 1.54) is 5.57 Å². The molecule has 5 rings (SSSR count). The number of rotatable bonds is 6. The van der Waals surface area contributed by atoms with E-state index in [0.29, 0.717) is 37.2 Å². The molecule has 2 aliphatic heterocycles. The Morgan fingerprint density at radius 3 is 2.30 bits per heavy atom. The number of fused-ring (bicyclic) bond motifs is 5. The van der Waals surface area contributed by atoms with Gasteiger partial charge in [0, 0.05) is 33.7 Å². The molecule has 0 N–H and O–H groups in total. The van der Waals surface area contributed by atoms with Crippen LogP contribution in [0.5, 0.6) is 0 Å². The Morgan fingerprint density at radius 2 is 1.63 bits per heavy atom. The molecule has 1 saturated carbocycles. The summed E-state index contributed by atoms with van der Waals surface area (Å²) < 4.78 is 36.0. The van der Waals surface area contributed by atoms with Crippen molar-refractivity contribution in [3.8, 4) is 0 Å². The molecule has 1 unspecified atom stereocenters. The first kappa shape index (κ1) is 32.5. The summed E-state index contributed by atoms with van der Waals surface area (Å²) in [6.45, 7) is 7.84. The van der Waals surface area contributed by atoms with E-state index in [1.54, 1.807) is 28.3 Å². The van der Waals surface area contributed by atoms with Gasteiger partial charge in [-0.3, -0.25) is 14.4 Å². The first-order chi connectivity index (χ1) is 20.6. The second kappa shape index (κ2) is 13.6. The van der Waals surface area contributed by atoms with Gasteiger partial charge in [-0.2, -0.15) is 0 Å². The molecule has 240 valence electrons. The normalized spacial score (nSPS) is 43.9. The van der Waals surface area contributed by atoms with Gasteiger partial charge in [0.05, 0.1) is 24.5 Å². The van der Waals surface area contributed by atoms with Crippen LogP contribution in [0.1, 0.15) is 72.6 Å². The molecule has 0 radical (unpaired) electrons. The van der Waals surface area contributed by atoms with Crippen molar-refractivity contribution in [3.05, 3.63) is 23.3 Å². The smallest absolute Gasteiger partial charge is 0.306 e. The number of carbonyl (C=O) groups is 3. The van der Waals surface area contributed by atoms with Gasteiger partial charge in [-0.05, 0) is 82.1 Å². The standard InChI is InChI=1S/C34H50O9/c1-8-20-10-9-11-28(35)18(3)30(37)27-15-25-23(26(27)16-29(36)42-20)12-17(2)22-13-21(14-24(22)25)43-34-33(40-7)32(39-6)31(38-5)19(4)41-34/h12,15,18-26,31-34H,8-11,13-14,16H2,1-7H3/t18-,19+,20+,21-,22+,23-,24-,25-,26+,31+,32?,33-,34+/m1/s1. The van der Waals surface area contributed by atoms with Gasteiger partial charge in [0.15, 0.2) is 12.1 Å². The zero-order valence-corrected chi connectivity index (χ0v) is 26.8. The number of methoxy groups -OCH3 is 3. The zero-order valence-electron chi connectivity index (χ0n) is 26.8. The predicted octanol–water partition coefficient (Wildman–Crippen LogP) is 4.61. The summed E-state index contributed by atoms with van der Waals surface area (Å²) in [5, 5.41) is 0. The van der Waals surface area contributed by atoms with E-state index in [0.717, 1.165) is 12.8 Å². The van der Waals surface area contributed by atoms with Crippen LogP contribution in [0.15, 0.2) is 23.3 Å². The van der Waals surface area contributed by atoms with Gasteiger partial charge in [-0.15, -0.1) is 0 Å². The molecule has 0 amide bonds. The molecule has 9 nitrogen and oxygen atoms in total. The van der Waals surface area contributed by atoms with Crippen molar-refractivity contribution in [1.29, 1.82) is 0 Å². The zero-order chi connectivity index (χ0) is 31.0. The third kappa shape index (κ3) is 6.30. The Morgan fingerprint density at radius 1 is 0.907 bits per heavy atom. The lowest BCUT2D eigenvalue weighted by molar-refractivity contribution is -0.314. The van der Waals surface area contributed by atoms with Crippen LogP contribution in [-0.2, 0) is 42.8 Å². The van der Waals surface area contributed by atoms with Crippen LogP contribution in [-0.4, -0.2) is 81.8 Å². The van der Waals surface area contributed by atoms with Crippen LogP contribution >= 0.6 is 0 Å². The fraction of sp³-hybridized carbons (Fsp3) is 0.794. The van der Waals surface area contributed by atoms with Gasteiger partial charge in [-0.1, -0.05) is 24.6 Å². The van der Waals surface area contributed by atoms with E-state index in [2.05, 4.69) is 19.1 Å². The molecule has 43 heavy (non-hydrogen) atoms. The van der Waals surface area contributed by atoms with E-state index < -0.39 is 18.3 Å². The number of ketones is 2. The summed E-state index contributed by atoms with van der Waals surface area (Å²) in [4.78, 5) is 40.0. The van der Waals surface area contributed by atoms with Gasteiger partial charge >= 0.3 is 5.97 Å². The molecule has 2 heterocycles. The second-order valence-electron chi connectivity index (χ2n) is 13.3. The van der Waals surface area contributed by atoms with Crippen molar-refractivity contribution in [3.63, 3.8) is 0 Å². The van der Waals surface area contributed by atoms with Crippen molar-refractivity contribution >= 4 is 17.5 Å². The molecular formula is C34H50O9. The molecule has 13 atom stereocenters. The van der Waals surface area contributed by atoms with Crippen molar-refractivity contribution in [2.45, 2.75) is 116 Å².